The number of aromatic nitrogens is 4. The van der Waals surface area contributed by atoms with Crippen LogP contribution in [0.4, 0.5) is 10.1 Å². The summed E-state index contributed by atoms with van der Waals surface area (Å²) >= 11 is 0. The quantitative estimate of drug-likeness (QED) is 0.491. The molecule has 2 aromatic carbocycles. The van der Waals surface area contributed by atoms with Crippen LogP contribution in [0.3, 0.4) is 0 Å². The van der Waals surface area contributed by atoms with Gasteiger partial charge < -0.3 is 10.3 Å². The molecule has 0 atom stereocenters. The number of amides is 1. The number of nitrogens with one attached hydrogen (secondary N) is 2. The van der Waals surface area contributed by atoms with E-state index in [4.69, 9.17) is 0 Å². The molecule has 0 fully saturated rings. The molecule has 0 saturated heterocycles. The summed E-state index contributed by atoms with van der Waals surface area (Å²) in [5.41, 5.74) is 1.83. The lowest BCUT2D eigenvalue weighted by atomic mass is 10.2. The first kappa shape index (κ1) is 20.5. The molecule has 4 rings (SSSR count). The van der Waals surface area contributed by atoms with Gasteiger partial charge in [0.15, 0.2) is 5.69 Å². The zero-order chi connectivity index (χ0) is 22.0. The smallest absolute Gasteiger partial charge is 0.280 e. The number of halogens is 1. The fourth-order valence-electron chi connectivity index (χ4n) is 3.37. The summed E-state index contributed by atoms with van der Waals surface area (Å²) in [6, 6.07) is 12.6. The number of hydrogen-bond donors (Lipinski definition) is 2. The first-order valence-electron chi connectivity index (χ1n) is 10.1. The summed E-state index contributed by atoms with van der Waals surface area (Å²) in [6.45, 7) is 3.75. The molecule has 31 heavy (non-hydrogen) atoms. The van der Waals surface area contributed by atoms with Crippen molar-refractivity contribution in [2.45, 2.75) is 33.1 Å². The molecule has 0 unspecified atom stereocenters. The topological polar surface area (TPSA) is 92.7 Å². The number of unbranched alkanes of at least 4 members (excludes halogenated alkanes) is 1. The predicted octanol–water partition coefficient (Wildman–Crippen LogP) is 4.15. The second kappa shape index (κ2) is 8.51. The number of hydrogen-bond acceptors (Lipinski definition) is 4. The summed E-state index contributed by atoms with van der Waals surface area (Å²) in [4.78, 5) is 33.0. The van der Waals surface area contributed by atoms with E-state index in [-0.39, 0.29) is 11.4 Å². The molecule has 0 spiro atoms. The summed E-state index contributed by atoms with van der Waals surface area (Å²) in [6.07, 6.45) is 2.97. The fraction of sp³-hybridized carbons (Fsp3) is 0.217. The Bertz CT molecular complexity index is 1330. The molecular weight excluding hydrogens is 397 g/mol. The van der Waals surface area contributed by atoms with Crippen LogP contribution < -0.4 is 10.7 Å². The van der Waals surface area contributed by atoms with E-state index in [1.54, 1.807) is 37.3 Å². The minimum Gasteiger partial charge on any atom is -0.342 e. The van der Waals surface area contributed by atoms with Gasteiger partial charge in [-0.3, -0.25) is 9.59 Å². The number of nitrogens with zero attached hydrogens (tertiary/aromatic N) is 3. The van der Waals surface area contributed by atoms with Crippen LogP contribution in [0.2, 0.25) is 0 Å². The summed E-state index contributed by atoms with van der Waals surface area (Å²) < 4.78 is 15.5. The SMILES string of the molecule is CCCCc1nc2ccc(NC(=O)c3nn(-c4ccccc4F)c(C)cc3=O)cc2[nH]1. The minimum absolute atomic E-state index is 0.160. The normalized spacial score (nSPS) is 11.1. The zero-order valence-electron chi connectivity index (χ0n) is 17.3. The number of benzene rings is 2. The number of carbonyl (C=O) groups excluding carboxylic acids is 1. The van der Waals surface area contributed by atoms with Crippen molar-refractivity contribution in [2.24, 2.45) is 0 Å². The number of H-pyrrole nitrogens is 1. The largest absolute Gasteiger partial charge is 0.342 e. The van der Waals surface area contributed by atoms with Crippen molar-refractivity contribution in [3.05, 3.63) is 81.8 Å². The standard InChI is InChI=1S/C23H22FN5O2/c1-3-4-9-21-26-17-11-10-15(13-18(17)27-21)25-23(31)22-20(30)12-14(2)29(28-22)19-8-6-5-7-16(19)24/h5-8,10-13H,3-4,9H2,1-2H3,(H,25,31)(H,26,27). The molecule has 0 bridgehead atoms. The number of fused-ring (bicyclic) bond motifs is 1. The molecule has 7 nitrogen and oxygen atoms in total. The monoisotopic (exact) mass is 419 g/mol. The second-order valence-electron chi connectivity index (χ2n) is 7.33. The predicted molar refractivity (Wildman–Crippen MR) is 117 cm³/mol. The van der Waals surface area contributed by atoms with Crippen LogP contribution in [0.15, 0.2) is 53.3 Å². The Morgan fingerprint density at radius 3 is 2.77 bits per heavy atom. The highest BCUT2D eigenvalue weighted by molar-refractivity contribution is 6.03. The van der Waals surface area contributed by atoms with Gasteiger partial charge in [0.05, 0.1) is 11.0 Å². The number of para-hydroxylation sites is 1. The van der Waals surface area contributed by atoms with Gasteiger partial charge in [0, 0.05) is 23.9 Å². The summed E-state index contributed by atoms with van der Waals surface area (Å²) in [7, 11) is 0. The Morgan fingerprint density at radius 1 is 1.19 bits per heavy atom. The van der Waals surface area contributed by atoms with E-state index in [2.05, 4.69) is 27.3 Å². The molecule has 2 aromatic heterocycles. The maximum atomic E-state index is 14.2. The maximum absolute atomic E-state index is 14.2. The van der Waals surface area contributed by atoms with Crippen molar-refractivity contribution < 1.29 is 9.18 Å². The third-order valence-electron chi connectivity index (χ3n) is 4.96. The highest BCUT2D eigenvalue weighted by Gasteiger charge is 2.17. The molecule has 0 aliphatic rings. The van der Waals surface area contributed by atoms with Gasteiger partial charge in [-0.1, -0.05) is 25.5 Å². The van der Waals surface area contributed by atoms with Crippen LogP contribution in [0, 0.1) is 12.7 Å². The van der Waals surface area contributed by atoms with Crippen LogP contribution >= 0.6 is 0 Å². The van der Waals surface area contributed by atoms with Crippen molar-refractivity contribution >= 4 is 22.6 Å². The van der Waals surface area contributed by atoms with Gasteiger partial charge >= 0.3 is 0 Å². The molecule has 0 aliphatic heterocycles. The van der Waals surface area contributed by atoms with Crippen LogP contribution in [0.1, 0.15) is 41.8 Å². The first-order valence-corrected chi connectivity index (χ1v) is 10.1. The van der Waals surface area contributed by atoms with Gasteiger partial charge in [-0.2, -0.15) is 5.10 Å². The molecule has 0 aliphatic carbocycles. The van der Waals surface area contributed by atoms with Crippen molar-refractivity contribution in [3.63, 3.8) is 0 Å². The Morgan fingerprint density at radius 2 is 2.00 bits per heavy atom. The third kappa shape index (κ3) is 4.23. The van der Waals surface area contributed by atoms with Crippen LogP contribution in [0.5, 0.6) is 0 Å². The van der Waals surface area contributed by atoms with E-state index < -0.39 is 17.2 Å². The number of rotatable bonds is 6. The molecular formula is C23H22FN5O2. The lowest BCUT2D eigenvalue weighted by Crippen LogP contribution is -2.27. The zero-order valence-corrected chi connectivity index (χ0v) is 17.3. The highest BCUT2D eigenvalue weighted by atomic mass is 19.1. The van der Waals surface area contributed by atoms with Gasteiger partial charge in [0.2, 0.25) is 5.43 Å². The van der Waals surface area contributed by atoms with Crippen molar-refractivity contribution in [2.75, 3.05) is 5.32 Å². The maximum Gasteiger partial charge on any atom is 0.280 e. The molecule has 1 amide bonds. The number of aromatic amines is 1. The lowest BCUT2D eigenvalue weighted by Gasteiger charge is -2.12. The average Bonchev–Trinajstić information content (AvgIpc) is 3.15. The van der Waals surface area contributed by atoms with E-state index in [0.29, 0.717) is 11.4 Å². The molecule has 2 N–H and O–H groups in total. The molecule has 8 heteroatoms. The van der Waals surface area contributed by atoms with Crippen LogP contribution in [0.25, 0.3) is 16.7 Å². The third-order valence-corrected chi connectivity index (χ3v) is 4.96. The molecule has 4 aromatic rings. The van der Waals surface area contributed by atoms with Crippen molar-refractivity contribution in [1.82, 2.24) is 19.7 Å². The minimum atomic E-state index is -0.667. The molecule has 0 radical (unpaired) electrons. The Hall–Kier alpha value is -3.81. The fourth-order valence-corrected chi connectivity index (χ4v) is 3.37. The van der Waals surface area contributed by atoms with Crippen LogP contribution in [-0.2, 0) is 6.42 Å². The highest BCUT2D eigenvalue weighted by Crippen LogP contribution is 2.19. The van der Waals surface area contributed by atoms with Gasteiger partial charge in [-0.25, -0.2) is 14.1 Å². The number of anilines is 1. The summed E-state index contributed by atoms with van der Waals surface area (Å²) in [5.74, 6) is -0.273. The van der Waals surface area contributed by atoms with Gasteiger partial charge in [-0.15, -0.1) is 0 Å². The Labute approximate surface area is 178 Å². The Balaban J connectivity index is 1.63. The first-order chi connectivity index (χ1) is 15.0. The van der Waals surface area contributed by atoms with E-state index in [0.717, 1.165) is 36.1 Å². The van der Waals surface area contributed by atoms with Gasteiger partial charge in [-0.05, 0) is 43.7 Å². The Kier molecular flexibility index (Phi) is 5.62. The average molecular weight is 419 g/mol. The van der Waals surface area contributed by atoms with Crippen molar-refractivity contribution in [3.8, 4) is 5.69 Å². The summed E-state index contributed by atoms with van der Waals surface area (Å²) in [5, 5.41) is 6.83. The number of imidazole rings is 1. The number of carbonyl (C=O) groups is 1. The van der Waals surface area contributed by atoms with E-state index >= 15 is 0 Å². The van der Waals surface area contributed by atoms with E-state index in [9.17, 15) is 14.0 Å². The second-order valence-corrected chi connectivity index (χ2v) is 7.33. The van der Waals surface area contributed by atoms with Crippen LogP contribution in [-0.4, -0.2) is 25.7 Å². The molecule has 2 heterocycles. The molecule has 0 saturated carbocycles. The van der Waals surface area contributed by atoms with E-state index in [1.165, 1.54) is 22.9 Å². The molecule has 158 valence electrons. The van der Waals surface area contributed by atoms with Gasteiger partial charge in [0.1, 0.15) is 17.3 Å². The lowest BCUT2D eigenvalue weighted by molar-refractivity contribution is 0.101. The van der Waals surface area contributed by atoms with Gasteiger partial charge in [0.25, 0.3) is 5.91 Å². The van der Waals surface area contributed by atoms with Crippen molar-refractivity contribution in [1.29, 1.82) is 0 Å². The number of aryl methyl sites for hydroxylation is 2. The van der Waals surface area contributed by atoms with E-state index in [1.807, 2.05) is 0 Å².